The number of anilines is 2. The molecule has 1 aliphatic rings. The number of hydrogen-bond donors (Lipinski definition) is 1. The van der Waals surface area contributed by atoms with Gasteiger partial charge in [0.05, 0.1) is 0 Å². The third kappa shape index (κ3) is 2.63. The van der Waals surface area contributed by atoms with Crippen molar-refractivity contribution in [1.29, 1.82) is 0 Å². The van der Waals surface area contributed by atoms with Crippen LogP contribution in [0.5, 0.6) is 0 Å². The van der Waals surface area contributed by atoms with Gasteiger partial charge in [-0.15, -0.1) is 0 Å². The van der Waals surface area contributed by atoms with Crippen LogP contribution in [-0.2, 0) is 6.42 Å². The fourth-order valence-corrected chi connectivity index (χ4v) is 3.07. The van der Waals surface area contributed by atoms with E-state index in [-0.39, 0.29) is 0 Å². The number of nitrogens with two attached hydrogens (primary N) is 1. The minimum Gasteiger partial charge on any atom is -0.389 e. The first-order valence-electron chi connectivity index (χ1n) is 7.22. The van der Waals surface area contributed by atoms with E-state index in [0.29, 0.717) is 11.0 Å². The standard InChI is InChI=1S/C17H19N3S/c1-11-9-14(17(18)21)10-16(19-11)20-12(2)7-8-13-5-3-4-6-15(13)20/h3-6,9-10,12H,7-8H2,1-2H3,(H2,18,21). The first-order chi connectivity index (χ1) is 10.1. The first-order valence-corrected chi connectivity index (χ1v) is 7.62. The van der Waals surface area contributed by atoms with Crippen molar-refractivity contribution >= 4 is 28.7 Å². The maximum atomic E-state index is 5.80. The number of fused-ring (bicyclic) bond motifs is 1. The quantitative estimate of drug-likeness (QED) is 0.862. The van der Waals surface area contributed by atoms with Crippen LogP contribution < -0.4 is 10.6 Å². The topological polar surface area (TPSA) is 42.1 Å². The van der Waals surface area contributed by atoms with Gasteiger partial charge in [0.15, 0.2) is 0 Å². The van der Waals surface area contributed by atoms with E-state index < -0.39 is 0 Å². The molecule has 2 N–H and O–H groups in total. The van der Waals surface area contributed by atoms with Gasteiger partial charge >= 0.3 is 0 Å². The van der Waals surface area contributed by atoms with Crippen molar-refractivity contribution in [2.45, 2.75) is 32.7 Å². The second-order valence-electron chi connectivity index (χ2n) is 5.61. The maximum Gasteiger partial charge on any atom is 0.134 e. The Hall–Kier alpha value is -1.94. The number of rotatable bonds is 2. The Labute approximate surface area is 130 Å². The summed E-state index contributed by atoms with van der Waals surface area (Å²) in [6.45, 7) is 4.21. The lowest BCUT2D eigenvalue weighted by molar-refractivity contribution is 0.613. The molecule has 0 bridgehead atoms. The number of aromatic nitrogens is 1. The van der Waals surface area contributed by atoms with Crippen molar-refractivity contribution in [3.05, 3.63) is 53.2 Å². The van der Waals surface area contributed by atoms with Crippen LogP contribution >= 0.6 is 12.2 Å². The molecule has 4 heteroatoms. The van der Waals surface area contributed by atoms with Crippen LogP contribution in [0.3, 0.4) is 0 Å². The third-order valence-corrected chi connectivity index (χ3v) is 4.23. The normalized spacial score (nSPS) is 17.4. The summed E-state index contributed by atoms with van der Waals surface area (Å²) < 4.78 is 0. The Bertz CT molecular complexity index is 696. The molecule has 108 valence electrons. The minimum atomic E-state index is 0.411. The van der Waals surface area contributed by atoms with Crippen LogP contribution in [0.2, 0.25) is 0 Å². The fourth-order valence-electron chi connectivity index (χ4n) is 2.95. The zero-order valence-electron chi connectivity index (χ0n) is 12.3. The van der Waals surface area contributed by atoms with Crippen LogP contribution in [0.25, 0.3) is 0 Å². The van der Waals surface area contributed by atoms with Gasteiger partial charge in [0.25, 0.3) is 0 Å². The molecular formula is C17H19N3S. The van der Waals surface area contributed by atoms with E-state index in [4.69, 9.17) is 22.9 Å². The van der Waals surface area contributed by atoms with Gasteiger partial charge in [-0.2, -0.15) is 0 Å². The number of thiocarbonyl (C=S) groups is 1. The summed E-state index contributed by atoms with van der Waals surface area (Å²) in [4.78, 5) is 7.42. The average Bonchev–Trinajstić information content (AvgIpc) is 2.46. The van der Waals surface area contributed by atoms with Crippen molar-refractivity contribution in [2.24, 2.45) is 5.73 Å². The summed E-state index contributed by atoms with van der Waals surface area (Å²) in [5.41, 5.74) is 10.2. The van der Waals surface area contributed by atoms with Crippen molar-refractivity contribution in [3.8, 4) is 0 Å². The number of pyridine rings is 1. The molecule has 1 aliphatic heterocycles. The van der Waals surface area contributed by atoms with Crippen LogP contribution in [0.15, 0.2) is 36.4 Å². The molecule has 1 aromatic heterocycles. The molecule has 2 aromatic rings. The van der Waals surface area contributed by atoms with Gasteiger partial charge < -0.3 is 10.6 Å². The largest absolute Gasteiger partial charge is 0.389 e. The zero-order valence-corrected chi connectivity index (χ0v) is 13.2. The summed E-state index contributed by atoms with van der Waals surface area (Å²) in [6, 6.07) is 12.9. The van der Waals surface area contributed by atoms with Gasteiger partial charge in [-0.1, -0.05) is 30.4 Å². The summed E-state index contributed by atoms with van der Waals surface area (Å²) in [5, 5.41) is 0. The van der Waals surface area contributed by atoms with Crippen LogP contribution in [0.1, 0.15) is 30.2 Å². The Morgan fingerprint density at radius 2 is 2.10 bits per heavy atom. The zero-order chi connectivity index (χ0) is 15.0. The van der Waals surface area contributed by atoms with Gasteiger partial charge in [0, 0.05) is 23.0 Å². The Morgan fingerprint density at radius 1 is 1.33 bits per heavy atom. The molecule has 1 unspecified atom stereocenters. The maximum absolute atomic E-state index is 5.80. The van der Waals surface area contributed by atoms with Crippen molar-refractivity contribution in [3.63, 3.8) is 0 Å². The van der Waals surface area contributed by atoms with Gasteiger partial charge in [-0.3, -0.25) is 0 Å². The Balaban J connectivity index is 2.13. The second-order valence-corrected chi connectivity index (χ2v) is 6.05. The van der Waals surface area contributed by atoms with Crippen LogP contribution in [0.4, 0.5) is 11.5 Å². The monoisotopic (exact) mass is 297 g/mol. The lowest BCUT2D eigenvalue weighted by atomic mass is 9.96. The lowest BCUT2D eigenvalue weighted by Crippen LogP contribution is -2.34. The van der Waals surface area contributed by atoms with E-state index >= 15 is 0 Å². The molecule has 1 aromatic carbocycles. The lowest BCUT2D eigenvalue weighted by Gasteiger charge is -2.36. The number of nitrogens with zero attached hydrogens (tertiary/aromatic N) is 2. The van der Waals surface area contributed by atoms with Gasteiger partial charge in [0.2, 0.25) is 0 Å². The van der Waals surface area contributed by atoms with Crippen molar-refractivity contribution in [1.82, 2.24) is 4.98 Å². The minimum absolute atomic E-state index is 0.411. The summed E-state index contributed by atoms with van der Waals surface area (Å²) in [6.07, 6.45) is 2.23. The second kappa shape index (κ2) is 5.45. The number of benzene rings is 1. The molecule has 0 aliphatic carbocycles. The van der Waals surface area contributed by atoms with Gasteiger partial charge in [-0.25, -0.2) is 4.98 Å². The van der Waals surface area contributed by atoms with Crippen molar-refractivity contribution < 1.29 is 0 Å². The highest BCUT2D eigenvalue weighted by atomic mass is 32.1. The molecule has 21 heavy (non-hydrogen) atoms. The average molecular weight is 297 g/mol. The molecule has 3 nitrogen and oxygen atoms in total. The van der Waals surface area contributed by atoms with E-state index in [1.165, 1.54) is 11.3 Å². The molecule has 3 rings (SSSR count). The van der Waals surface area contributed by atoms with E-state index in [0.717, 1.165) is 29.9 Å². The molecule has 2 heterocycles. The van der Waals surface area contributed by atoms with Crippen molar-refractivity contribution in [2.75, 3.05) is 4.90 Å². The highest BCUT2D eigenvalue weighted by Gasteiger charge is 2.25. The number of hydrogen-bond acceptors (Lipinski definition) is 3. The van der Waals surface area contributed by atoms with Gasteiger partial charge in [-0.05, 0) is 50.5 Å². The summed E-state index contributed by atoms with van der Waals surface area (Å²) in [5.74, 6) is 0.928. The SMILES string of the molecule is Cc1cc(C(N)=S)cc(N2c3ccccc3CCC2C)n1. The predicted molar refractivity (Wildman–Crippen MR) is 91.2 cm³/mol. The number of aryl methyl sites for hydroxylation is 2. The highest BCUT2D eigenvalue weighted by Crippen LogP contribution is 2.36. The fraction of sp³-hybridized carbons (Fsp3) is 0.294. The molecule has 0 spiro atoms. The predicted octanol–water partition coefficient (Wildman–Crippen LogP) is 3.50. The molecule has 0 fully saturated rings. The summed E-state index contributed by atoms with van der Waals surface area (Å²) >= 11 is 5.12. The van der Waals surface area contributed by atoms with E-state index in [9.17, 15) is 0 Å². The van der Waals surface area contributed by atoms with Crippen LogP contribution in [0, 0.1) is 6.92 Å². The van der Waals surface area contributed by atoms with Gasteiger partial charge in [0.1, 0.15) is 10.8 Å². The molecule has 0 saturated heterocycles. The molecule has 0 saturated carbocycles. The van der Waals surface area contributed by atoms with Crippen LogP contribution in [-0.4, -0.2) is 16.0 Å². The molecule has 1 atom stereocenters. The third-order valence-electron chi connectivity index (χ3n) is 3.99. The first kappa shape index (κ1) is 14.0. The molecular weight excluding hydrogens is 278 g/mol. The van der Waals surface area contributed by atoms with E-state index in [1.807, 2.05) is 19.1 Å². The Morgan fingerprint density at radius 3 is 2.86 bits per heavy atom. The molecule has 0 amide bonds. The smallest absolute Gasteiger partial charge is 0.134 e. The Kier molecular flexibility index (Phi) is 3.64. The van der Waals surface area contributed by atoms with E-state index in [2.05, 4.69) is 36.1 Å². The summed E-state index contributed by atoms with van der Waals surface area (Å²) in [7, 11) is 0. The highest BCUT2D eigenvalue weighted by molar-refractivity contribution is 7.80. The van der Waals surface area contributed by atoms with E-state index in [1.54, 1.807) is 0 Å². The molecule has 0 radical (unpaired) electrons. The number of para-hydroxylation sites is 1.